The van der Waals surface area contributed by atoms with Crippen LogP contribution in [0.2, 0.25) is 0 Å². The van der Waals surface area contributed by atoms with Crippen LogP contribution in [0.3, 0.4) is 0 Å². The Morgan fingerprint density at radius 1 is 1.10 bits per heavy atom. The molecule has 0 unspecified atom stereocenters. The molecular weight excluding hydrogens is 394 g/mol. The molecule has 1 saturated heterocycles. The van der Waals surface area contributed by atoms with E-state index in [9.17, 15) is 4.79 Å². The number of carbonyl (C=O) groups is 1. The zero-order chi connectivity index (χ0) is 20.3. The fourth-order valence-corrected chi connectivity index (χ4v) is 5.26. The first-order valence-electron chi connectivity index (χ1n) is 11.0. The van der Waals surface area contributed by atoms with E-state index in [0.717, 1.165) is 53.2 Å². The Morgan fingerprint density at radius 3 is 2.77 bits per heavy atom. The number of amides is 1. The molecule has 5 rings (SSSR count). The summed E-state index contributed by atoms with van der Waals surface area (Å²) >= 11 is 1.68. The van der Waals surface area contributed by atoms with Crippen LogP contribution < -0.4 is 5.32 Å². The number of piperidine rings is 1. The highest BCUT2D eigenvalue weighted by Gasteiger charge is 2.20. The number of pyridine rings is 1. The number of nitrogens with zero attached hydrogens (tertiary/aromatic N) is 4. The molecule has 3 aromatic rings. The molecule has 1 saturated carbocycles. The Morgan fingerprint density at radius 2 is 1.93 bits per heavy atom. The molecular formula is C23H27N5OS. The van der Waals surface area contributed by atoms with E-state index < -0.39 is 0 Å². The molecule has 1 aliphatic heterocycles. The molecule has 1 aliphatic carbocycles. The molecule has 0 bridgehead atoms. The maximum atomic E-state index is 12.6. The molecule has 1 N–H and O–H groups in total. The molecule has 0 aromatic carbocycles. The lowest BCUT2D eigenvalue weighted by atomic mass is 10.1. The van der Waals surface area contributed by atoms with E-state index >= 15 is 0 Å². The molecule has 0 spiro atoms. The van der Waals surface area contributed by atoms with Crippen molar-refractivity contribution in [2.24, 2.45) is 0 Å². The van der Waals surface area contributed by atoms with Crippen molar-refractivity contribution in [3.05, 3.63) is 35.5 Å². The molecule has 156 valence electrons. The van der Waals surface area contributed by atoms with Crippen molar-refractivity contribution in [3.63, 3.8) is 0 Å². The Labute approximate surface area is 180 Å². The van der Waals surface area contributed by atoms with Crippen LogP contribution in [0.25, 0.3) is 21.6 Å². The van der Waals surface area contributed by atoms with Crippen LogP contribution >= 0.6 is 11.3 Å². The quantitative estimate of drug-likeness (QED) is 0.649. The van der Waals surface area contributed by atoms with E-state index in [1.165, 1.54) is 32.1 Å². The normalized spacial score (nSPS) is 17.5. The van der Waals surface area contributed by atoms with E-state index in [4.69, 9.17) is 9.97 Å². The van der Waals surface area contributed by atoms with E-state index in [2.05, 4.69) is 15.7 Å². The van der Waals surface area contributed by atoms with Gasteiger partial charge in [-0.3, -0.25) is 9.78 Å². The van der Waals surface area contributed by atoms with E-state index in [1.54, 1.807) is 17.5 Å². The molecule has 3 aromatic heterocycles. The lowest BCUT2D eigenvalue weighted by Gasteiger charge is -2.26. The number of nitrogens with one attached hydrogen (secondary N) is 1. The number of rotatable bonds is 5. The van der Waals surface area contributed by atoms with Crippen molar-refractivity contribution in [1.82, 2.24) is 19.9 Å². The monoisotopic (exact) mass is 421 g/mol. The van der Waals surface area contributed by atoms with Crippen molar-refractivity contribution >= 4 is 33.3 Å². The molecule has 4 heterocycles. The van der Waals surface area contributed by atoms with Gasteiger partial charge in [0.25, 0.3) is 0 Å². The molecule has 0 atom stereocenters. The van der Waals surface area contributed by atoms with E-state index in [1.807, 2.05) is 23.1 Å². The molecule has 1 amide bonds. The minimum atomic E-state index is 0.164. The molecule has 6 nitrogen and oxygen atoms in total. The highest BCUT2D eigenvalue weighted by atomic mass is 32.1. The summed E-state index contributed by atoms with van der Waals surface area (Å²) < 4.78 is 1.11. The number of carbonyl (C=O) groups excluding carboxylic acids is 1. The second-order valence-electron chi connectivity index (χ2n) is 8.31. The topological polar surface area (TPSA) is 71.0 Å². The smallest absolute Gasteiger partial charge is 0.228 e. The first-order valence-corrected chi connectivity index (χ1v) is 11.9. The number of likely N-dealkylation sites (tertiary alicyclic amines) is 1. The van der Waals surface area contributed by atoms with Gasteiger partial charge in [0.1, 0.15) is 5.82 Å². The number of thiophene rings is 1. The van der Waals surface area contributed by atoms with Gasteiger partial charge in [-0.05, 0) is 55.7 Å². The van der Waals surface area contributed by atoms with E-state index in [-0.39, 0.29) is 5.91 Å². The Hall–Kier alpha value is -2.54. The number of hydrogen-bond donors (Lipinski definition) is 1. The number of hydrogen-bond acceptors (Lipinski definition) is 6. The van der Waals surface area contributed by atoms with Crippen LogP contribution in [0.5, 0.6) is 0 Å². The highest BCUT2D eigenvalue weighted by Crippen LogP contribution is 2.31. The summed E-state index contributed by atoms with van der Waals surface area (Å²) in [5.74, 6) is 1.78. The molecule has 30 heavy (non-hydrogen) atoms. The van der Waals surface area contributed by atoms with Crippen molar-refractivity contribution in [2.75, 3.05) is 18.4 Å². The van der Waals surface area contributed by atoms with Crippen molar-refractivity contribution < 1.29 is 4.79 Å². The predicted octanol–water partition coefficient (Wildman–Crippen LogP) is 4.66. The number of aromatic nitrogens is 3. The van der Waals surface area contributed by atoms with Crippen molar-refractivity contribution in [2.45, 2.75) is 57.4 Å². The largest absolute Gasteiger partial charge is 0.366 e. The van der Waals surface area contributed by atoms with Crippen molar-refractivity contribution in [3.8, 4) is 11.4 Å². The Kier molecular flexibility index (Phi) is 5.62. The van der Waals surface area contributed by atoms with Crippen LogP contribution in [0.4, 0.5) is 5.82 Å². The summed E-state index contributed by atoms with van der Waals surface area (Å²) in [5, 5.41) is 5.72. The lowest BCUT2D eigenvalue weighted by molar-refractivity contribution is -0.131. The average molecular weight is 422 g/mol. The molecule has 2 aliphatic rings. The zero-order valence-electron chi connectivity index (χ0n) is 17.1. The Bertz CT molecular complexity index is 1040. The van der Waals surface area contributed by atoms with Gasteiger partial charge in [-0.2, -0.15) is 0 Å². The van der Waals surface area contributed by atoms with Gasteiger partial charge in [0.15, 0.2) is 5.82 Å². The van der Waals surface area contributed by atoms with Gasteiger partial charge >= 0.3 is 0 Å². The first-order chi connectivity index (χ1) is 14.8. The van der Waals surface area contributed by atoms with Crippen LogP contribution in [0, 0.1) is 0 Å². The first kappa shape index (κ1) is 19.4. The summed E-state index contributed by atoms with van der Waals surface area (Å²) in [4.78, 5) is 28.7. The zero-order valence-corrected chi connectivity index (χ0v) is 18.0. The minimum absolute atomic E-state index is 0.164. The number of anilines is 1. The maximum absolute atomic E-state index is 12.6. The van der Waals surface area contributed by atoms with Gasteiger partial charge in [-0.1, -0.05) is 12.8 Å². The second kappa shape index (κ2) is 8.68. The van der Waals surface area contributed by atoms with Gasteiger partial charge in [-0.25, -0.2) is 9.97 Å². The lowest BCUT2D eigenvalue weighted by Crippen LogP contribution is -2.36. The molecule has 2 fully saturated rings. The van der Waals surface area contributed by atoms with Gasteiger partial charge in [0.2, 0.25) is 5.91 Å². The van der Waals surface area contributed by atoms with Crippen LogP contribution in [0.1, 0.15) is 50.6 Å². The third-order valence-electron chi connectivity index (χ3n) is 6.12. The van der Waals surface area contributed by atoms with Crippen LogP contribution in [-0.4, -0.2) is 44.9 Å². The van der Waals surface area contributed by atoms with Crippen molar-refractivity contribution in [1.29, 1.82) is 0 Å². The summed E-state index contributed by atoms with van der Waals surface area (Å²) in [7, 11) is 0. The van der Waals surface area contributed by atoms with Crippen LogP contribution in [-0.2, 0) is 11.2 Å². The van der Waals surface area contributed by atoms with Gasteiger partial charge < -0.3 is 10.2 Å². The second-order valence-corrected chi connectivity index (χ2v) is 9.23. The van der Waals surface area contributed by atoms with Gasteiger partial charge in [-0.15, -0.1) is 11.3 Å². The Balaban J connectivity index is 1.40. The summed E-state index contributed by atoms with van der Waals surface area (Å²) in [6.45, 7) is 1.74. The summed E-state index contributed by atoms with van der Waals surface area (Å²) in [5.41, 5.74) is 2.66. The minimum Gasteiger partial charge on any atom is -0.366 e. The summed E-state index contributed by atoms with van der Waals surface area (Å²) in [6, 6.07) is 6.44. The summed E-state index contributed by atoms with van der Waals surface area (Å²) in [6.07, 6.45) is 10.5. The molecule has 0 radical (unpaired) electrons. The third-order valence-corrected chi connectivity index (χ3v) is 7.03. The SMILES string of the molecule is O=C(Cc1cc(-c2nc(NC3CCCC3)c3sccc3n2)ccn1)N1CCCCC1. The number of fused-ring (bicyclic) bond motifs is 1. The van der Waals surface area contributed by atoms with Gasteiger partial charge in [0.05, 0.1) is 22.3 Å². The fourth-order valence-electron chi connectivity index (χ4n) is 4.48. The average Bonchev–Trinajstić information content (AvgIpc) is 3.46. The molecule has 7 heteroatoms. The predicted molar refractivity (Wildman–Crippen MR) is 121 cm³/mol. The van der Waals surface area contributed by atoms with E-state index in [0.29, 0.717) is 18.3 Å². The third kappa shape index (κ3) is 4.17. The highest BCUT2D eigenvalue weighted by molar-refractivity contribution is 7.17. The standard InChI is InChI=1S/C23H27N5OS/c29-20(28-11-4-1-5-12-28)15-18-14-16(8-10-24-18)22-26-19-9-13-30-21(19)23(27-22)25-17-6-2-3-7-17/h8-10,13-14,17H,1-7,11-12,15H2,(H,25,26,27). The maximum Gasteiger partial charge on any atom is 0.228 e. The van der Waals surface area contributed by atoms with Gasteiger partial charge in [0, 0.05) is 30.9 Å². The fraction of sp³-hybridized carbons (Fsp3) is 0.478. The van der Waals surface area contributed by atoms with Crippen LogP contribution in [0.15, 0.2) is 29.8 Å².